The minimum atomic E-state index is -2.71. The number of hydrogen-bond donors (Lipinski definition) is 0. The summed E-state index contributed by atoms with van der Waals surface area (Å²) in [5.74, 6) is -2.67. The average molecular weight is 342 g/mol. The molecule has 3 heterocycles. The van der Waals surface area contributed by atoms with E-state index in [4.69, 9.17) is 16.3 Å². The maximum Gasteiger partial charge on any atom is 0.282 e. The minimum absolute atomic E-state index is 0.0217. The van der Waals surface area contributed by atoms with E-state index in [1.165, 1.54) is 17.0 Å². The second kappa shape index (κ2) is 5.07. The maximum absolute atomic E-state index is 13.1. The Morgan fingerprint density at radius 1 is 1.17 bits per heavy atom. The Labute approximate surface area is 134 Å². The molecular formula is C15H11ClF3N3O. The first-order valence-corrected chi connectivity index (χ1v) is 7.37. The lowest BCUT2D eigenvalue weighted by molar-refractivity contribution is -0.0269. The molecule has 2 aliphatic rings. The van der Waals surface area contributed by atoms with E-state index in [2.05, 4.69) is 9.97 Å². The normalized spacial score (nSPS) is 21.9. The monoisotopic (exact) mass is 341 g/mol. The fourth-order valence-corrected chi connectivity index (χ4v) is 3.05. The van der Waals surface area contributed by atoms with Gasteiger partial charge in [-0.2, -0.15) is 0 Å². The summed E-state index contributed by atoms with van der Waals surface area (Å²) in [6.45, 7) is -0.589. The Morgan fingerprint density at radius 3 is 2.52 bits per heavy atom. The van der Waals surface area contributed by atoms with E-state index in [0.717, 1.165) is 5.56 Å². The number of ether oxygens (including phenoxy) is 1. The van der Waals surface area contributed by atoms with Gasteiger partial charge in [0.25, 0.3) is 5.92 Å². The van der Waals surface area contributed by atoms with Crippen molar-refractivity contribution in [2.75, 3.05) is 18.0 Å². The van der Waals surface area contributed by atoms with Crippen LogP contribution in [0.3, 0.4) is 0 Å². The number of nitrogens with zero attached hydrogens (tertiary/aromatic N) is 3. The summed E-state index contributed by atoms with van der Waals surface area (Å²) < 4.78 is 45.0. The van der Waals surface area contributed by atoms with Crippen molar-refractivity contribution >= 4 is 17.4 Å². The van der Waals surface area contributed by atoms with Crippen molar-refractivity contribution in [2.24, 2.45) is 0 Å². The highest BCUT2D eigenvalue weighted by Crippen LogP contribution is 2.41. The molecule has 0 aliphatic carbocycles. The van der Waals surface area contributed by atoms with Gasteiger partial charge in [-0.1, -0.05) is 12.1 Å². The molecule has 2 aliphatic heterocycles. The van der Waals surface area contributed by atoms with Gasteiger partial charge in [-0.15, -0.1) is 0 Å². The van der Waals surface area contributed by atoms with Crippen LogP contribution in [0.2, 0.25) is 5.28 Å². The zero-order chi connectivity index (χ0) is 16.2. The van der Waals surface area contributed by atoms with E-state index in [0.29, 0.717) is 17.1 Å². The third-order valence-corrected chi connectivity index (χ3v) is 4.12. The summed E-state index contributed by atoms with van der Waals surface area (Å²) >= 11 is 5.95. The molecule has 2 aromatic rings. The van der Waals surface area contributed by atoms with Gasteiger partial charge in [0.2, 0.25) is 5.28 Å². The lowest BCUT2D eigenvalue weighted by Gasteiger charge is -2.40. The van der Waals surface area contributed by atoms with Crippen molar-refractivity contribution in [1.82, 2.24) is 9.97 Å². The van der Waals surface area contributed by atoms with E-state index >= 15 is 0 Å². The Balaban J connectivity index is 1.72. The third kappa shape index (κ3) is 2.53. The SMILES string of the molecule is Fc1ccc(C2OCc3c2nc(Cl)nc3N2CC(F)(F)C2)cc1. The van der Waals surface area contributed by atoms with Crippen LogP contribution in [0.15, 0.2) is 24.3 Å². The second-order valence-electron chi connectivity index (χ2n) is 5.63. The fourth-order valence-electron chi connectivity index (χ4n) is 2.88. The van der Waals surface area contributed by atoms with Crippen molar-refractivity contribution < 1.29 is 17.9 Å². The molecule has 0 amide bonds. The molecule has 4 nitrogen and oxygen atoms in total. The van der Waals surface area contributed by atoms with Gasteiger partial charge in [0.1, 0.15) is 17.7 Å². The average Bonchev–Trinajstić information content (AvgIpc) is 2.88. The summed E-state index contributed by atoms with van der Waals surface area (Å²) in [7, 11) is 0. The topological polar surface area (TPSA) is 38.3 Å². The molecule has 4 rings (SSSR count). The smallest absolute Gasteiger partial charge is 0.282 e. The molecule has 0 N–H and O–H groups in total. The predicted molar refractivity (Wildman–Crippen MR) is 77.2 cm³/mol. The highest BCUT2D eigenvalue weighted by atomic mass is 35.5. The quantitative estimate of drug-likeness (QED) is 0.785. The number of halogens is 4. The van der Waals surface area contributed by atoms with Crippen LogP contribution in [0.25, 0.3) is 0 Å². The van der Waals surface area contributed by atoms with Crippen LogP contribution >= 0.6 is 11.6 Å². The van der Waals surface area contributed by atoms with Crippen LogP contribution in [0.4, 0.5) is 19.0 Å². The standard InChI is InChI=1S/C15H11ClF3N3O/c16-14-20-11-10(13(21-14)22-6-15(18,19)7-22)5-23-12(11)8-1-3-9(17)4-2-8/h1-4,12H,5-7H2. The van der Waals surface area contributed by atoms with Crippen molar-refractivity contribution in [2.45, 2.75) is 18.6 Å². The molecule has 1 unspecified atom stereocenters. The van der Waals surface area contributed by atoms with Crippen molar-refractivity contribution in [3.05, 3.63) is 52.2 Å². The zero-order valence-corrected chi connectivity index (χ0v) is 12.5. The summed E-state index contributed by atoms with van der Waals surface area (Å²) in [5, 5.41) is -0.0217. The van der Waals surface area contributed by atoms with Crippen molar-refractivity contribution in [1.29, 1.82) is 0 Å². The van der Waals surface area contributed by atoms with Gasteiger partial charge >= 0.3 is 0 Å². The first kappa shape index (κ1) is 14.7. The maximum atomic E-state index is 13.1. The predicted octanol–water partition coefficient (Wildman–Crippen LogP) is 3.34. The highest BCUT2D eigenvalue weighted by molar-refractivity contribution is 6.28. The molecule has 0 spiro atoms. The van der Waals surface area contributed by atoms with Gasteiger partial charge in [0, 0.05) is 5.56 Å². The van der Waals surface area contributed by atoms with Gasteiger partial charge in [0.05, 0.1) is 25.4 Å². The molecule has 1 saturated heterocycles. The molecule has 0 radical (unpaired) electrons. The summed E-state index contributed by atoms with van der Waals surface area (Å²) in [6, 6.07) is 5.86. The highest BCUT2D eigenvalue weighted by Gasteiger charge is 2.46. The Bertz CT molecular complexity index is 761. The molecule has 0 bridgehead atoms. The molecule has 23 heavy (non-hydrogen) atoms. The summed E-state index contributed by atoms with van der Waals surface area (Å²) in [6.07, 6.45) is -0.508. The molecule has 120 valence electrons. The second-order valence-corrected chi connectivity index (χ2v) is 5.97. The van der Waals surface area contributed by atoms with Crippen molar-refractivity contribution in [3.63, 3.8) is 0 Å². The number of hydrogen-bond acceptors (Lipinski definition) is 4. The number of alkyl halides is 2. The van der Waals surface area contributed by atoms with Crippen LogP contribution in [0.5, 0.6) is 0 Å². The number of rotatable bonds is 2. The number of anilines is 1. The minimum Gasteiger partial charge on any atom is -0.362 e. The van der Waals surface area contributed by atoms with Gasteiger partial charge in [0.15, 0.2) is 0 Å². The van der Waals surface area contributed by atoms with E-state index in [1.807, 2.05) is 0 Å². The number of benzene rings is 1. The van der Waals surface area contributed by atoms with Crippen LogP contribution in [-0.4, -0.2) is 29.0 Å². The Morgan fingerprint density at radius 2 is 1.87 bits per heavy atom. The first-order valence-electron chi connectivity index (χ1n) is 6.99. The van der Waals surface area contributed by atoms with Crippen LogP contribution < -0.4 is 4.90 Å². The van der Waals surface area contributed by atoms with E-state index in [1.54, 1.807) is 12.1 Å². The molecule has 1 aromatic carbocycles. The fraction of sp³-hybridized carbons (Fsp3) is 0.333. The third-order valence-electron chi connectivity index (χ3n) is 3.95. The van der Waals surface area contributed by atoms with Crippen LogP contribution in [0, 0.1) is 5.82 Å². The Hall–Kier alpha value is -1.86. The lowest BCUT2D eigenvalue weighted by atomic mass is 10.0. The van der Waals surface area contributed by atoms with E-state index in [9.17, 15) is 13.2 Å². The number of fused-ring (bicyclic) bond motifs is 1. The Kier molecular flexibility index (Phi) is 3.24. The molecule has 1 atom stereocenters. The van der Waals surface area contributed by atoms with Gasteiger partial charge in [-0.3, -0.25) is 0 Å². The zero-order valence-electron chi connectivity index (χ0n) is 11.8. The van der Waals surface area contributed by atoms with E-state index < -0.39 is 25.1 Å². The number of aromatic nitrogens is 2. The molecule has 0 saturated carbocycles. The molecule has 1 fully saturated rings. The van der Waals surface area contributed by atoms with Crippen molar-refractivity contribution in [3.8, 4) is 0 Å². The molecular weight excluding hydrogens is 331 g/mol. The van der Waals surface area contributed by atoms with Gasteiger partial charge in [-0.05, 0) is 29.3 Å². The van der Waals surface area contributed by atoms with Gasteiger partial charge < -0.3 is 9.64 Å². The molecule has 1 aromatic heterocycles. The summed E-state index contributed by atoms with van der Waals surface area (Å²) in [4.78, 5) is 9.74. The molecule has 8 heteroatoms. The van der Waals surface area contributed by atoms with Crippen LogP contribution in [0.1, 0.15) is 22.9 Å². The van der Waals surface area contributed by atoms with Crippen LogP contribution in [-0.2, 0) is 11.3 Å². The largest absolute Gasteiger partial charge is 0.362 e. The van der Waals surface area contributed by atoms with Gasteiger partial charge in [-0.25, -0.2) is 23.1 Å². The first-order chi connectivity index (χ1) is 10.9. The lowest BCUT2D eigenvalue weighted by Crippen LogP contribution is -2.57. The van der Waals surface area contributed by atoms with E-state index in [-0.39, 0.29) is 17.7 Å². The summed E-state index contributed by atoms with van der Waals surface area (Å²) in [5.41, 5.74) is 1.92.